The Hall–Kier alpha value is -5.66. The highest BCUT2D eigenvalue weighted by Gasteiger charge is 2.19. The third-order valence-electron chi connectivity index (χ3n) is 10.5. The maximum atomic E-state index is 2.41. The van der Waals surface area contributed by atoms with Crippen LogP contribution in [-0.4, -0.2) is 0 Å². The van der Waals surface area contributed by atoms with Gasteiger partial charge in [0.2, 0.25) is 0 Å². The van der Waals surface area contributed by atoms with E-state index in [4.69, 9.17) is 0 Å². The van der Waals surface area contributed by atoms with Gasteiger partial charge >= 0.3 is 0 Å². The maximum Gasteiger partial charge on any atom is 0.0540 e. The molecule has 1 nitrogen and oxygen atoms in total. The summed E-state index contributed by atoms with van der Waals surface area (Å²) in [4.78, 5) is 2.41. The molecule has 236 valence electrons. The van der Waals surface area contributed by atoms with Gasteiger partial charge in [-0.3, -0.25) is 0 Å². The number of fused-ring (bicyclic) bond motifs is 2. The minimum atomic E-state index is 1.14. The monoisotopic (exact) mass is 629 g/mol. The summed E-state index contributed by atoms with van der Waals surface area (Å²) in [6.45, 7) is 2.15. The molecule has 1 aliphatic rings. The molecular weight excluding hydrogens is 591 g/mol. The molecule has 1 heteroatoms. The van der Waals surface area contributed by atoms with E-state index < -0.39 is 0 Å². The number of rotatable bonds is 6. The molecule has 49 heavy (non-hydrogen) atoms. The Bertz CT molecular complexity index is 2440. The van der Waals surface area contributed by atoms with Gasteiger partial charge in [-0.2, -0.15) is 0 Å². The van der Waals surface area contributed by atoms with Crippen molar-refractivity contribution in [2.45, 2.75) is 39.0 Å². The van der Waals surface area contributed by atoms with Crippen molar-refractivity contribution in [2.24, 2.45) is 0 Å². The van der Waals surface area contributed by atoms with Crippen molar-refractivity contribution in [2.75, 3.05) is 4.90 Å². The van der Waals surface area contributed by atoms with E-state index in [2.05, 4.69) is 170 Å². The molecular formula is C48H39N. The molecule has 0 aromatic heterocycles. The third-order valence-corrected chi connectivity index (χ3v) is 10.5. The second kappa shape index (κ2) is 12.4. The van der Waals surface area contributed by atoms with E-state index >= 15 is 0 Å². The van der Waals surface area contributed by atoms with Crippen LogP contribution in [0.4, 0.5) is 17.1 Å². The lowest BCUT2D eigenvalue weighted by Gasteiger charge is -2.28. The molecule has 1 fully saturated rings. The smallest absolute Gasteiger partial charge is 0.0540 e. The van der Waals surface area contributed by atoms with Gasteiger partial charge in [-0.25, -0.2) is 0 Å². The number of nitrogens with zero attached hydrogens (tertiary/aromatic N) is 1. The first-order valence-electron chi connectivity index (χ1n) is 17.7. The molecule has 0 spiro atoms. The predicted molar refractivity (Wildman–Crippen MR) is 214 cm³/mol. The number of aryl methyl sites for hydroxylation is 1. The van der Waals surface area contributed by atoms with Crippen LogP contribution >= 0.6 is 0 Å². The van der Waals surface area contributed by atoms with Crippen LogP contribution in [0.25, 0.3) is 61.3 Å². The Morgan fingerprint density at radius 1 is 0.449 bits per heavy atom. The first-order chi connectivity index (χ1) is 24.2. The van der Waals surface area contributed by atoms with Crippen LogP contribution in [-0.2, 0) is 0 Å². The van der Waals surface area contributed by atoms with Crippen LogP contribution in [0.15, 0.2) is 145 Å². The number of benzene rings is 8. The number of hydrogen-bond acceptors (Lipinski definition) is 1. The van der Waals surface area contributed by atoms with Crippen molar-refractivity contribution in [3.63, 3.8) is 0 Å². The summed E-state index contributed by atoms with van der Waals surface area (Å²) < 4.78 is 0. The van der Waals surface area contributed by atoms with E-state index in [-0.39, 0.29) is 0 Å². The van der Waals surface area contributed by atoms with Gasteiger partial charge in [-0.05, 0) is 117 Å². The average Bonchev–Trinajstić information content (AvgIpc) is 3.15. The molecule has 8 aromatic carbocycles. The highest BCUT2D eigenvalue weighted by molar-refractivity contribution is 6.34. The summed E-state index contributed by atoms with van der Waals surface area (Å²) in [5.41, 5.74) is 10.0. The van der Waals surface area contributed by atoms with Gasteiger partial charge in [-0.15, -0.1) is 0 Å². The van der Waals surface area contributed by atoms with E-state index in [1.807, 2.05) is 0 Å². The zero-order valence-electron chi connectivity index (χ0n) is 28.0. The zero-order valence-corrected chi connectivity index (χ0v) is 28.0. The molecule has 0 amide bonds. The molecule has 0 atom stereocenters. The highest BCUT2D eigenvalue weighted by Crippen LogP contribution is 2.46. The minimum absolute atomic E-state index is 1.14. The van der Waals surface area contributed by atoms with Crippen LogP contribution in [0, 0.1) is 6.92 Å². The van der Waals surface area contributed by atoms with E-state index in [1.54, 1.807) is 5.57 Å². The van der Waals surface area contributed by atoms with E-state index in [0.29, 0.717) is 0 Å². The highest BCUT2D eigenvalue weighted by atomic mass is 15.1. The lowest BCUT2D eigenvalue weighted by Crippen LogP contribution is -2.10. The van der Waals surface area contributed by atoms with Crippen LogP contribution in [0.3, 0.4) is 0 Å². The van der Waals surface area contributed by atoms with Crippen LogP contribution < -0.4 is 4.90 Å². The fourth-order valence-corrected chi connectivity index (χ4v) is 7.96. The quantitative estimate of drug-likeness (QED) is 0.100. The van der Waals surface area contributed by atoms with Crippen molar-refractivity contribution in [3.8, 4) is 0 Å². The second-order valence-electron chi connectivity index (χ2n) is 13.7. The lowest BCUT2D eigenvalue weighted by molar-refractivity contribution is 0.602. The summed E-state index contributed by atoms with van der Waals surface area (Å²) in [5.74, 6) is 0. The van der Waals surface area contributed by atoms with Crippen LogP contribution in [0.2, 0.25) is 0 Å². The first kappa shape index (κ1) is 29.5. The zero-order chi connectivity index (χ0) is 32.7. The van der Waals surface area contributed by atoms with Crippen molar-refractivity contribution < 1.29 is 0 Å². The lowest BCUT2D eigenvalue weighted by atomic mass is 9.89. The summed E-state index contributed by atoms with van der Waals surface area (Å²) in [7, 11) is 0. The molecule has 0 N–H and O–H groups in total. The minimum Gasteiger partial charge on any atom is -0.310 e. The third kappa shape index (κ3) is 5.46. The van der Waals surface area contributed by atoms with Crippen molar-refractivity contribution in [1.82, 2.24) is 0 Å². The van der Waals surface area contributed by atoms with Crippen molar-refractivity contribution in [3.05, 3.63) is 167 Å². The maximum absolute atomic E-state index is 2.41. The van der Waals surface area contributed by atoms with Gasteiger partial charge in [-0.1, -0.05) is 145 Å². The number of hydrogen-bond donors (Lipinski definition) is 0. The molecule has 0 radical (unpaired) electrons. The number of anilines is 3. The van der Waals surface area contributed by atoms with Gasteiger partial charge in [0.05, 0.1) is 5.69 Å². The molecule has 0 aliphatic heterocycles. The van der Waals surface area contributed by atoms with E-state index in [1.165, 1.54) is 103 Å². The van der Waals surface area contributed by atoms with Gasteiger partial charge in [0.15, 0.2) is 0 Å². The van der Waals surface area contributed by atoms with Crippen molar-refractivity contribution in [1.29, 1.82) is 0 Å². The molecule has 1 aliphatic carbocycles. The van der Waals surface area contributed by atoms with Gasteiger partial charge in [0, 0.05) is 16.8 Å². The molecule has 0 saturated heterocycles. The average molecular weight is 630 g/mol. The van der Waals surface area contributed by atoms with E-state index in [9.17, 15) is 0 Å². The predicted octanol–water partition coefficient (Wildman–Crippen LogP) is 14.0. The topological polar surface area (TPSA) is 3.24 Å². The molecule has 8 aromatic rings. The number of allylic oxidation sites excluding steroid dienone is 1. The van der Waals surface area contributed by atoms with Gasteiger partial charge in [0.25, 0.3) is 0 Å². The summed E-state index contributed by atoms with van der Waals surface area (Å²) in [6, 6.07) is 51.7. The Balaban J connectivity index is 1.10. The standard InChI is InChI=1S/C48H39N/c1-33-16-26-39(27-17-33)49(40-28-24-35(25-29-40)19-18-34-20-22-37(23-21-34)32-36-8-3-2-4-9-36)46-31-30-44-42-13-6-11-38-10-5-12-41(47(38)42)43-14-7-15-45(46)48(43)44/h5-7,10-32H,2-4,8-9H2,1H3/b19-18+. The normalized spacial score (nSPS) is 13.7. The molecule has 0 bridgehead atoms. The van der Waals surface area contributed by atoms with E-state index in [0.717, 1.165) is 11.4 Å². The first-order valence-corrected chi connectivity index (χ1v) is 17.7. The molecule has 0 unspecified atom stereocenters. The molecule has 0 heterocycles. The Labute approximate surface area is 288 Å². The summed E-state index contributed by atoms with van der Waals surface area (Å²) in [5, 5.41) is 10.5. The fourth-order valence-electron chi connectivity index (χ4n) is 7.96. The Morgan fingerprint density at radius 2 is 0.959 bits per heavy atom. The summed E-state index contributed by atoms with van der Waals surface area (Å²) in [6.07, 6.45) is 13.4. The SMILES string of the molecule is Cc1ccc(N(c2ccc(/C=C/c3ccc(C=C4CCCCC4)cc3)cc2)c2ccc3c4cccc5cccc(c6cccc2c63)c54)cc1. The van der Waals surface area contributed by atoms with Gasteiger partial charge < -0.3 is 4.90 Å². The molecule has 9 rings (SSSR count). The Morgan fingerprint density at radius 3 is 1.61 bits per heavy atom. The van der Waals surface area contributed by atoms with Crippen LogP contribution in [0.5, 0.6) is 0 Å². The Kier molecular flexibility index (Phi) is 7.47. The largest absolute Gasteiger partial charge is 0.310 e. The van der Waals surface area contributed by atoms with Crippen LogP contribution in [0.1, 0.15) is 54.4 Å². The van der Waals surface area contributed by atoms with Crippen molar-refractivity contribution >= 4 is 78.4 Å². The molecule has 1 saturated carbocycles. The second-order valence-corrected chi connectivity index (χ2v) is 13.7. The fraction of sp³-hybridized carbons (Fsp3) is 0.125. The summed E-state index contributed by atoms with van der Waals surface area (Å²) >= 11 is 0. The van der Waals surface area contributed by atoms with Gasteiger partial charge in [0.1, 0.15) is 0 Å².